The van der Waals surface area contributed by atoms with Gasteiger partial charge in [-0.05, 0) is 47.4 Å². The van der Waals surface area contributed by atoms with Crippen LogP contribution in [-0.4, -0.2) is 49.5 Å². The Morgan fingerprint density at radius 2 is 1.54 bits per heavy atom. The third-order valence-electron chi connectivity index (χ3n) is 6.61. The van der Waals surface area contributed by atoms with Crippen molar-refractivity contribution in [3.8, 4) is 22.6 Å². The first-order valence-electron chi connectivity index (χ1n) is 12.1. The number of rotatable bonds is 10. The van der Waals surface area contributed by atoms with Crippen LogP contribution in [0.25, 0.3) is 11.1 Å². The van der Waals surface area contributed by atoms with Crippen molar-refractivity contribution in [1.82, 2.24) is 4.90 Å². The van der Waals surface area contributed by atoms with Gasteiger partial charge in [0.2, 0.25) is 5.91 Å². The van der Waals surface area contributed by atoms with Crippen LogP contribution in [0, 0.1) is 11.3 Å². The predicted octanol–water partition coefficient (Wildman–Crippen LogP) is 4.01. The Bertz CT molecular complexity index is 1240. The maximum Gasteiger partial charge on any atom is 0.306 e. The number of nitrogens with two attached hydrogens (primary N) is 1. The van der Waals surface area contributed by atoms with Gasteiger partial charge >= 0.3 is 5.97 Å². The molecule has 192 valence electrons. The summed E-state index contributed by atoms with van der Waals surface area (Å²) in [4.78, 5) is 26.9. The van der Waals surface area contributed by atoms with Gasteiger partial charge in [-0.25, -0.2) is 0 Å². The number of ether oxygens (including phenoxy) is 3. The molecule has 8 nitrogen and oxygen atoms in total. The minimum atomic E-state index is -0.431. The van der Waals surface area contributed by atoms with Crippen molar-refractivity contribution in [2.75, 3.05) is 20.8 Å². The number of hydrogen-bond acceptors (Lipinski definition) is 6. The molecule has 2 atom stereocenters. The maximum absolute atomic E-state index is 13.2. The van der Waals surface area contributed by atoms with Gasteiger partial charge in [0, 0.05) is 12.1 Å². The van der Waals surface area contributed by atoms with Crippen molar-refractivity contribution in [2.45, 2.75) is 25.4 Å². The van der Waals surface area contributed by atoms with Gasteiger partial charge in [-0.15, -0.1) is 0 Å². The van der Waals surface area contributed by atoms with E-state index in [0.717, 1.165) is 22.4 Å². The lowest BCUT2D eigenvalue weighted by Crippen LogP contribution is -2.37. The summed E-state index contributed by atoms with van der Waals surface area (Å²) >= 11 is 0. The van der Waals surface area contributed by atoms with Crippen molar-refractivity contribution in [2.24, 2.45) is 11.7 Å². The zero-order valence-corrected chi connectivity index (χ0v) is 21.0. The van der Waals surface area contributed by atoms with E-state index in [1.54, 1.807) is 12.0 Å². The summed E-state index contributed by atoms with van der Waals surface area (Å²) < 4.78 is 16.1. The predicted molar refractivity (Wildman–Crippen MR) is 140 cm³/mol. The minimum Gasteiger partial charge on any atom is -0.497 e. The second kappa shape index (κ2) is 11.6. The molecule has 3 N–H and O–H groups in total. The lowest BCUT2D eigenvalue weighted by Gasteiger charge is -2.25. The summed E-state index contributed by atoms with van der Waals surface area (Å²) in [6.45, 7) is 0.732. The Labute approximate surface area is 216 Å². The molecular weight excluding hydrogens is 470 g/mol. The number of nitrogens with one attached hydrogen (secondary N) is 1. The van der Waals surface area contributed by atoms with Crippen LogP contribution >= 0.6 is 0 Å². The van der Waals surface area contributed by atoms with Crippen LogP contribution < -0.4 is 15.2 Å². The van der Waals surface area contributed by atoms with Crippen molar-refractivity contribution < 1.29 is 23.8 Å². The molecule has 0 spiro atoms. The molecule has 1 aliphatic rings. The van der Waals surface area contributed by atoms with Crippen LogP contribution in [0.1, 0.15) is 24.0 Å². The first-order valence-corrected chi connectivity index (χ1v) is 12.1. The van der Waals surface area contributed by atoms with Gasteiger partial charge in [-0.3, -0.25) is 15.0 Å². The van der Waals surface area contributed by atoms with Gasteiger partial charge in [-0.1, -0.05) is 48.5 Å². The molecule has 3 aromatic carbocycles. The lowest BCUT2D eigenvalue weighted by atomic mass is 10.0. The SMILES string of the molecule is COC(=O)C[C@@H]1C[C@@H](COc2ccc(-c3ccc(C(=N)N)cc3)cc2)N(Cc2ccc(OC)cc2)C1=O. The summed E-state index contributed by atoms with van der Waals surface area (Å²) in [6, 6.07) is 22.6. The fourth-order valence-corrected chi connectivity index (χ4v) is 4.50. The standard InChI is InChI=1S/C29H31N3O5/c1-35-25-11-3-19(4-12-25)17-32-24(15-23(29(32)34)16-27(33)36-2)18-37-26-13-9-21(10-14-26)20-5-7-22(8-6-20)28(30)31/h3-14,23-24H,15-18H2,1-2H3,(H3,30,31)/t23-,24-/m0/s1. The highest BCUT2D eigenvalue weighted by Crippen LogP contribution is 2.31. The minimum absolute atomic E-state index is 0.0375. The van der Waals surface area contributed by atoms with Gasteiger partial charge in [0.1, 0.15) is 23.9 Å². The molecule has 1 heterocycles. The van der Waals surface area contributed by atoms with E-state index < -0.39 is 11.9 Å². The first kappa shape index (κ1) is 25.8. The van der Waals surface area contributed by atoms with E-state index in [4.69, 9.17) is 25.4 Å². The maximum atomic E-state index is 13.2. The number of nitrogens with zero attached hydrogens (tertiary/aromatic N) is 1. The van der Waals surface area contributed by atoms with Crippen LogP contribution in [0.2, 0.25) is 0 Å². The second-order valence-corrected chi connectivity index (χ2v) is 9.01. The van der Waals surface area contributed by atoms with Crippen molar-refractivity contribution in [3.63, 3.8) is 0 Å². The Hall–Kier alpha value is -4.33. The molecule has 3 aromatic rings. The van der Waals surface area contributed by atoms with E-state index in [1.807, 2.05) is 72.8 Å². The van der Waals surface area contributed by atoms with Gasteiger partial charge < -0.3 is 24.8 Å². The first-order chi connectivity index (χ1) is 17.9. The van der Waals surface area contributed by atoms with E-state index in [1.165, 1.54) is 7.11 Å². The molecule has 37 heavy (non-hydrogen) atoms. The molecule has 0 aromatic heterocycles. The van der Waals surface area contributed by atoms with E-state index in [-0.39, 0.29) is 24.2 Å². The number of amides is 1. The fraction of sp³-hybridized carbons (Fsp3) is 0.276. The zero-order valence-electron chi connectivity index (χ0n) is 21.0. The van der Waals surface area contributed by atoms with E-state index in [9.17, 15) is 9.59 Å². The highest BCUT2D eigenvalue weighted by Gasteiger charge is 2.40. The summed E-state index contributed by atoms with van der Waals surface area (Å²) in [5.74, 6) is 0.584. The molecule has 1 aliphatic heterocycles. The molecule has 0 aliphatic carbocycles. The number of methoxy groups -OCH3 is 2. The second-order valence-electron chi connectivity index (χ2n) is 9.01. The van der Waals surface area contributed by atoms with Gasteiger partial charge in [0.25, 0.3) is 0 Å². The number of esters is 1. The number of hydrogen-bond donors (Lipinski definition) is 2. The highest BCUT2D eigenvalue weighted by molar-refractivity contribution is 5.95. The third-order valence-corrected chi connectivity index (χ3v) is 6.61. The lowest BCUT2D eigenvalue weighted by molar-refractivity contribution is -0.145. The summed E-state index contributed by atoms with van der Waals surface area (Å²) in [5, 5.41) is 7.53. The monoisotopic (exact) mass is 501 g/mol. The Morgan fingerprint density at radius 1 is 0.946 bits per heavy atom. The Kier molecular flexibility index (Phi) is 8.08. The Balaban J connectivity index is 1.44. The molecule has 4 rings (SSSR count). The molecule has 0 radical (unpaired) electrons. The van der Waals surface area contributed by atoms with Crippen molar-refractivity contribution in [3.05, 3.63) is 83.9 Å². The van der Waals surface area contributed by atoms with Gasteiger partial charge in [-0.2, -0.15) is 0 Å². The topological polar surface area (TPSA) is 115 Å². The molecule has 1 saturated heterocycles. The van der Waals surface area contributed by atoms with E-state index >= 15 is 0 Å². The van der Waals surface area contributed by atoms with Crippen LogP contribution in [0.5, 0.6) is 11.5 Å². The largest absolute Gasteiger partial charge is 0.497 e. The van der Waals surface area contributed by atoms with Crippen LogP contribution in [0.15, 0.2) is 72.8 Å². The number of carbonyl (C=O) groups excluding carboxylic acids is 2. The number of carbonyl (C=O) groups is 2. The molecule has 1 fully saturated rings. The molecule has 1 amide bonds. The summed E-state index contributed by atoms with van der Waals surface area (Å²) in [6.07, 6.45) is 0.576. The smallest absolute Gasteiger partial charge is 0.306 e. The average Bonchev–Trinajstić information content (AvgIpc) is 3.21. The molecule has 8 heteroatoms. The van der Waals surface area contributed by atoms with E-state index in [2.05, 4.69) is 0 Å². The van der Waals surface area contributed by atoms with Crippen molar-refractivity contribution >= 4 is 17.7 Å². The summed E-state index contributed by atoms with van der Waals surface area (Å²) in [7, 11) is 2.94. The molecular formula is C29H31N3O5. The quantitative estimate of drug-likeness (QED) is 0.246. The van der Waals surface area contributed by atoms with Crippen LogP contribution in [-0.2, 0) is 20.9 Å². The summed E-state index contributed by atoms with van der Waals surface area (Å²) in [5.41, 5.74) is 9.21. The number of benzene rings is 3. The third kappa shape index (κ3) is 6.27. The van der Waals surface area contributed by atoms with E-state index in [0.29, 0.717) is 30.9 Å². The number of amidine groups is 1. The average molecular weight is 502 g/mol. The molecule has 0 unspecified atom stereocenters. The number of likely N-dealkylation sites (tertiary alicyclic amines) is 1. The van der Waals surface area contributed by atoms with Gasteiger partial charge in [0.15, 0.2) is 0 Å². The van der Waals surface area contributed by atoms with Gasteiger partial charge in [0.05, 0.1) is 32.6 Å². The van der Waals surface area contributed by atoms with Crippen LogP contribution in [0.3, 0.4) is 0 Å². The Morgan fingerprint density at radius 3 is 2.11 bits per heavy atom. The molecule has 0 saturated carbocycles. The zero-order chi connectivity index (χ0) is 26.4. The molecule has 0 bridgehead atoms. The number of nitrogen functional groups attached to an aromatic ring is 1. The van der Waals surface area contributed by atoms with Crippen LogP contribution in [0.4, 0.5) is 0 Å². The van der Waals surface area contributed by atoms with Crippen molar-refractivity contribution in [1.29, 1.82) is 5.41 Å². The highest BCUT2D eigenvalue weighted by atomic mass is 16.5. The normalized spacial score (nSPS) is 16.9. The fourth-order valence-electron chi connectivity index (χ4n) is 4.50.